The van der Waals surface area contributed by atoms with Gasteiger partial charge in [-0.25, -0.2) is 9.78 Å². The van der Waals surface area contributed by atoms with Gasteiger partial charge < -0.3 is 15.0 Å². The fourth-order valence-corrected chi connectivity index (χ4v) is 2.27. The zero-order chi connectivity index (χ0) is 15.4. The lowest BCUT2D eigenvalue weighted by Crippen LogP contribution is -2.23. The number of aryl methyl sites for hydroxylation is 1. The van der Waals surface area contributed by atoms with Crippen molar-refractivity contribution >= 4 is 33.4 Å². The highest BCUT2D eigenvalue weighted by atomic mass is 79.9. The fraction of sp³-hybridized carbons (Fsp3) is 0.214. The molecule has 0 atom stereocenters. The summed E-state index contributed by atoms with van der Waals surface area (Å²) in [6.45, 7) is 2.59. The predicted octanol–water partition coefficient (Wildman–Crippen LogP) is 2.86. The van der Waals surface area contributed by atoms with Gasteiger partial charge in [-0.05, 0) is 40.5 Å². The average molecular weight is 352 g/mol. The van der Waals surface area contributed by atoms with Gasteiger partial charge in [0.15, 0.2) is 5.82 Å². The van der Waals surface area contributed by atoms with E-state index in [0.717, 1.165) is 6.42 Å². The zero-order valence-electron chi connectivity index (χ0n) is 11.3. The Bertz CT molecular complexity index is 728. The van der Waals surface area contributed by atoms with E-state index in [-0.39, 0.29) is 16.9 Å². The average Bonchev–Trinajstić information content (AvgIpc) is 2.45. The van der Waals surface area contributed by atoms with Crippen LogP contribution in [0.25, 0.3) is 0 Å². The van der Waals surface area contributed by atoms with Gasteiger partial charge in [0.2, 0.25) is 0 Å². The predicted molar refractivity (Wildman–Crippen MR) is 83.2 cm³/mol. The van der Waals surface area contributed by atoms with Gasteiger partial charge in [-0.3, -0.25) is 4.79 Å². The standard InChI is InChI=1S/C14H14BrN3O3/c1-2-6-18-7-5-16-12(13(18)19)17-9-3-4-11(15)10(8-9)14(20)21/h3-5,7-8H,2,6H2,1H3,(H,16,17)(H,20,21). The maximum Gasteiger partial charge on any atom is 0.336 e. The summed E-state index contributed by atoms with van der Waals surface area (Å²) in [5.41, 5.74) is 0.374. The van der Waals surface area contributed by atoms with Crippen molar-refractivity contribution in [3.63, 3.8) is 0 Å². The molecular weight excluding hydrogens is 338 g/mol. The number of nitrogens with one attached hydrogen (secondary N) is 1. The number of rotatable bonds is 5. The second-order valence-corrected chi connectivity index (χ2v) is 5.25. The molecule has 0 radical (unpaired) electrons. The lowest BCUT2D eigenvalue weighted by atomic mass is 10.2. The number of carboxylic acids is 1. The van der Waals surface area contributed by atoms with Gasteiger partial charge in [-0.2, -0.15) is 0 Å². The molecule has 7 heteroatoms. The van der Waals surface area contributed by atoms with E-state index < -0.39 is 5.97 Å². The highest BCUT2D eigenvalue weighted by Gasteiger charge is 2.10. The number of benzene rings is 1. The molecule has 1 aromatic heterocycles. The normalized spacial score (nSPS) is 10.4. The Morgan fingerprint density at radius 2 is 2.24 bits per heavy atom. The van der Waals surface area contributed by atoms with Gasteiger partial charge in [-0.1, -0.05) is 6.92 Å². The van der Waals surface area contributed by atoms with Crippen LogP contribution in [0.1, 0.15) is 23.7 Å². The number of hydrogen-bond donors (Lipinski definition) is 2. The second kappa shape index (κ2) is 6.53. The molecule has 0 aliphatic rings. The van der Waals surface area contributed by atoms with Crippen molar-refractivity contribution in [2.75, 3.05) is 5.32 Å². The molecule has 0 saturated heterocycles. The van der Waals surface area contributed by atoms with E-state index in [4.69, 9.17) is 5.11 Å². The Morgan fingerprint density at radius 3 is 2.90 bits per heavy atom. The third-order valence-electron chi connectivity index (χ3n) is 2.84. The van der Waals surface area contributed by atoms with Crippen LogP contribution in [0.4, 0.5) is 11.5 Å². The number of anilines is 2. The van der Waals surface area contributed by atoms with Gasteiger partial charge >= 0.3 is 5.97 Å². The van der Waals surface area contributed by atoms with E-state index in [9.17, 15) is 9.59 Å². The van der Waals surface area contributed by atoms with Crippen molar-refractivity contribution < 1.29 is 9.90 Å². The zero-order valence-corrected chi connectivity index (χ0v) is 12.9. The van der Waals surface area contributed by atoms with E-state index in [2.05, 4.69) is 26.2 Å². The Kier molecular flexibility index (Phi) is 4.74. The van der Waals surface area contributed by atoms with Crippen LogP contribution in [0.3, 0.4) is 0 Å². The van der Waals surface area contributed by atoms with Gasteiger partial charge in [0.25, 0.3) is 5.56 Å². The van der Waals surface area contributed by atoms with Crippen LogP contribution >= 0.6 is 15.9 Å². The molecule has 1 heterocycles. The Balaban J connectivity index is 2.35. The Morgan fingerprint density at radius 1 is 1.48 bits per heavy atom. The molecule has 0 fully saturated rings. The minimum Gasteiger partial charge on any atom is -0.478 e. The summed E-state index contributed by atoms with van der Waals surface area (Å²) >= 11 is 3.17. The lowest BCUT2D eigenvalue weighted by Gasteiger charge is -2.09. The first-order valence-electron chi connectivity index (χ1n) is 6.38. The minimum atomic E-state index is -1.05. The highest BCUT2D eigenvalue weighted by Crippen LogP contribution is 2.22. The smallest absolute Gasteiger partial charge is 0.336 e. The molecule has 0 amide bonds. The molecule has 2 aromatic rings. The van der Waals surface area contributed by atoms with Crippen molar-refractivity contribution in [2.45, 2.75) is 19.9 Å². The van der Waals surface area contributed by atoms with E-state index in [0.29, 0.717) is 16.7 Å². The first-order chi connectivity index (χ1) is 10.0. The Labute approximate surface area is 129 Å². The fourth-order valence-electron chi connectivity index (χ4n) is 1.85. The maximum atomic E-state index is 12.2. The van der Waals surface area contributed by atoms with Crippen LogP contribution in [0.2, 0.25) is 0 Å². The molecule has 1 aromatic carbocycles. The highest BCUT2D eigenvalue weighted by molar-refractivity contribution is 9.10. The van der Waals surface area contributed by atoms with Crippen LogP contribution in [0, 0.1) is 0 Å². The number of aromatic carboxylic acids is 1. The Hall–Kier alpha value is -2.15. The molecule has 0 aliphatic carbocycles. The summed E-state index contributed by atoms with van der Waals surface area (Å²) in [5, 5.41) is 12.0. The molecule has 21 heavy (non-hydrogen) atoms. The topological polar surface area (TPSA) is 84.2 Å². The molecule has 0 unspecified atom stereocenters. The maximum absolute atomic E-state index is 12.2. The van der Waals surface area contributed by atoms with Crippen molar-refractivity contribution in [1.29, 1.82) is 0 Å². The number of aromatic nitrogens is 2. The lowest BCUT2D eigenvalue weighted by molar-refractivity contribution is 0.0696. The first kappa shape index (κ1) is 15.2. The molecule has 2 rings (SSSR count). The number of hydrogen-bond acceptors (Lipinski definition) is 4. The number of nitrogens with zero attached hydrogens (tertiary/aromatic N) is 2. The molecule has 6 nitrogen and oxygen atoms in total. The summed E-state index contributed by atoms with van der Waals surface area (Å²) in [6.07, 6.45) is 4.00. The molecule has 0 bridgehead atoms. The van der Waals surface area contributed by atoms with Crippen LogP contribution in [-0.2, 0) is 6.54 Å². The summed E-state index contributed by atoms with van der Waals surface area (Å²) < 4.78 is 2.04. The van der Waals surface area contributed by atoms with E-state index in [1.807, 2.05) is 6.92 Å². The molecule has 0 aliphatic heterocycles. The van der Waals surface area contributed by atoms with Crippen LogP contribution in [-0.4, -0.2) is 20.6 Å². The van der Waals surface area contributed by atoms with Gasteiger partial charge in [-0.15, -0.1) is 0 Å². The molecular formula is C14H14BrN3O3. The summed E-state index contributed by atoms with van der Waals surface area (Å²) in [4.78, 5) is 27.3. The van der Waals surface area contributed by atoms with Gasteiger partial charge in [0, 0.05) is 29.1 Å². The molecule has 2 N–H and O–H groups in total. The van der Waals surface area contributed by atoms with Gasteiger partial charge in [0.05, 0.1) is 5.56 Å². The van der Waals surface area contributed by atoms with Crippen molar-refractivity contribution in [1.82, 2.24) is 9.55 Å². The molecule has 110 valence electrons. The minimum absolute atomic E-state index is 0.116. The summed E-state index contributed by atoms with van der Waals surface area (Å²) in [7, 11) is 0. The second-order valence-electron chi connectivity index (χ2n) is 4.40. The number of carbonyl (C=O) groups is 1. The first-order valence-corrected chi connectivity index (χ1v) is 7.17. The largest absolute Gasteiger partial charge is 0.478 e. The quantitative estimate of drug-likeness (QED) is 0.865. The van der Waals surface area contributed by atoms with Crippen molar-refractivity contribution in [2.24, 2.45) is 0 Å². The van der Waals surface area contributed by atoms with Crippen molar-refractivity contribution in [3.05, 3.63) is 51.0 Å². The van der Waals surface area contributed by atoms with Crippen LogP contribution in [0.15, 0.2) is 39.9 Å². The van der Waals surface area contributed by atoms with E-state index >= 15 is 0 Å². The van der Waals surface area contributed by atoms with E-state index in [1.54, 1.807) is 22.9 Å². The SMILES string of the molecule is CCCn1ccnc(Nc2ccc(Br)c(C(=O)O)c2)c1=O. The van der Waals surface area contributed by atoms with E-state index in [1.165, 1.54) is 12.3 Å². The number of halogens is 1. The van der Waals surface area contributed by atoms with Crippen molar-refractivity contribution in [3.8, 4) is 0 Å². The monoisotopic (exact) mass is 351 g/mol. The number of carboxylic acid groups (broad SMARTS) is 1. The van der Waals surface area contributed by atoms with Gasteiger partial charge in [0.1, 0.15) is 0 Å². The summed E-state index contributed by atoms with van der Waals surface area (Å²) in [6, 6.07) is 4.73. The molecule has 0 spiro atoms. The third-order valence-corrected chi connectivity index (χ3v) is 3.53. The van der Waals surface area contributed by atoms with Crippen LogP contribution in [0.5, 0.6) is 0 Å². The van der Waals surface area contributed by atoms with Crippen LogP contribution < -0.4 is 10.9 Å². The third kappa shape index (κ3) is 3.49. The summed E-state index contributed by atoms with van der Waals surface area (Å²) in [5.74, 6) is -0.875. The molecule has 0 saturated carbocycles.